The Hall–Kier alpha value is -3.28. The first kappa shape index (κ1) is 19.5. The van der Waals surface area contributed by atoms with Crippen LogP contribution in [0.25, 0.3) is 10.9 Å². The van der Waals surface area contributed by atoms with Crippen LogP contribution in [0.2, 0.25) is 0 Å². The van der Waals surface area contributed by atoms with Crippen molar-refractivity contribution in [1.29, 1.82) is 0 Å². The van der Waals surface area contributed by atoms with E-state index in [1.807, 2.05) is 6.07 Å². The summed E-state index contributed by atoms with van der Waals surface area (Å²) < 4.78 is 6.81. The van der Waals surface area contributed by atoms with Crippen LogP contribution in [-0.2, 0) is 6.54 Å². The van der Waals surface area contributed by atoms with Crippen LogP contribution in [0.5, 0.6) is 11.5 Å². The number of benzene rings is 2. The van der Waals surface area contributed by atoms with E-state index < -0.39 is 11.5 Å². The number of carbonyl (C=O) groups excluding carboxylic acids is 1. The average molecular weight is 380 g/mol. The van der Waals surface area contributed by atoms with Crippen molar-refractivity contribution in [3.63, 3.8) is 0 Å². The van der Waals surface area contributed by atoms with Gasteiger partial charge in [-0.1, -0.05) is 44.0 Å². The predicted octanol–water partition coefficient (Wildman–Crippen LogP) is 4.16. The molecule has 0 aliphatic carbocycles. The number of aryl methyl sites for hydroxylation is 1. The molecule has 0 atom stereocenters. The Balaban J connectivity index is 2.09. The van der Waals surface area contributed by atoms with Crippen molar-refractivity contribution in [2.24, 2.45) is 0 Å². The lowest BCUT2D eigenvalue weighted by molar-refractivity contribution is 0.102. The molecule has 1 heterocycles. The first-order valence-electron chi connectivity index (χ1n) is 9.37. The van der Waals surface area contributed by atoms with Crippen LogP contribution in [0.3, 0.4) is 0 Å². The van der Waals surface area contributed by atoms with Crippen molar-refractivity contribution in [2.75, 3.05) is 12.4 Å². The van der Waals surface area contributed by atoms with E-state index in [0.29, 0.717) is 28.9 Å². The van der Waals surface area contributed by atoms with Crippen molar-refractivity contribution in [3.8, 4) is 11.5 Å². The zero-order chi connectivity index (χ0) is 20.1. The first-order valence-corrected chi connectivity index (χ1v) is 9.37. The average Bonchev–Trinajstić information content (AvgIpc) is 2.71. The largest absolute Gasteiger partial charge is 0.506 e. The Labute approximate surface area is 163 Å². The topological polar surface area (TPSA) is 80.6 Å². The zero-order valence-corrected chi connectivity index (χ0v) is 16.1. The molecule has 6 heteroatoms. The van der Waals surface area contributed by atoms with Gasteiger partial charge in [-0.15, -0.1) is 0 Å². The molecule has 0 saturated carbocycles. The molecule has 28 heavy (non-hydrogen) atoms. The van der Waals surface area contributed by atoms with Gasteiger partial charge in [0, 0.05) is 11.9 Å². The van der Waals surface area contributed by atoms with E-state index in [-0.39, 0.29) is 11.3 Å². The van der Waals surface area contributed by atoms with Crippen LogP contribution in [0.15, 0.2) is 53.3 Å². The maximum Gasteiger partial charge on any atom is 0.267 e. The molecular weight excluding hydrogens is 356 g/mol. The third kappa shape index (κ3) is 3.71. The van der Waals surface area contributed by atoms with Crippen molar-refractivity contribution in [2.45, 2.75) is 32.7 Å². The van der Waals surface area contributed by atoms with Gasteiger partial charge in [-0.05, 0) is 30.7 Å². The number of para-hydroxylation sites is 3. The molecule has 0 unspecified atom stereocenters. The molecule has 146 valence electrons. The molecule has 0 aliphatic heterocycles. The van der Waals surface area contributed by atoms with E-state index in [4.69, 9.17) is 4.74 Å². The van der Waals surface area contributed by atoms with Crippen molar-refractivity contribution >= 4 is 22.5 Å². The van der Waals surface area contributed by atoms with Crippen LogP contribution in [0.4, 0.5) is 5.69 Å². The van der Waals surface area contributed by atoms with Crippen LogP contribution in [-0.4, -0.2) is 22.7 Å². The number of nitrogens with one attached hydrogen (secondary N) is 1. The van der Waals surface area contributed by atoms with Gasteiger partial charge in [0.25, 0.3) is 11.5 Å². The minimum absolute atomic E-state index is 0.263. The molecule has 0 spiro atoms. The smallest absolute Gasteiger partial charge is 0.267 e. The molecule has 0 aliphatic rings. The fourth-order valence-electron chi connectivity index (χ4n) is 3.27. The third-order valence-electron chi connectivity index (χ3n) is 4.71. The number of anilines is 1. The Morgan fingerprint density at radius 1 is 1.11 bits per heavy atom. The van der Waals surface area contributed by atoms with Gasteiger partial charge in [-0.2, -0.15) is 0 Å². The number of methoxy groups -OCH3 is 1. The maximum absolute atomic E-state index is 13.1. The number of hydrogen-bond acceptors (Lipinski definition) is 4. The summed E-state index contributed by atoms with van der Waals surface area (Å²) >= 11 is 0. The Morgan fingerprint density at radius 2 is 1.82 bits per heavy atom. The number of pyridine rings is 1. The summed E-state index contributed by atoms with van der Waals surface area (Å²) in [6.07, 6.45) is 2.81. The summed E-state index contributed by atoms with van der Waals surface area (Å²) in [6, 6.07) is 14.0. The van der Waals surface area contributed by atoms with E-state index >= 15 is 0 Å². The second kappa shape index (κ2) is 8.61. The zero-order valence-electron chi connectivity index (χ0n) is 16.1. The minimum atomic E-state index is -0.665. The van der Waals surface area contributed by atoms with Gasteiger partial charge < -0.3 is 19.7 Å². The molecule has 0 radical (unpaired) electrons. The molecular formula is C22H24N2O4. The van der Waals surface area contributed by atoms with E-state index in [9.17, 15) is 14.7 Å². The molecule has 0 bridgehead atoms. The molecule has 3 rings (SSSR count). The van der Waals surface area contributed by atoms with Crippen molar-refractivity contribution < 1.29 is 14.6 Å². The highest BCUT2D eigenvalue weighted by molar-refractivity contribution is 6.09. The molecule has 2 aromatic carbocycles. The van der Waals surface area contributed by atoms with Gasteiger partial charge in [-0.25, -0.2) is 0 Å². The molecule has 1 aromatic heterocycles. The summed E-state index contributed by atoms with van der Waals surface area (Å²) in [5.41, 5.74) is 0.287. The van der Waals surface area contributed by atoms with Gasteiger partial charge in [0.05, 0.1) is 18.3 Å². The highest BCUT2D eigenvalue weighted by Gasteiger charge is 2.22. The van der Waals surface area contributed by atoms with E-state index in [1.54, 1.807) is 47.0 Å². The van der Waals surface area contributed by atoms with Gasteiger partial charge in [0.1, 0.15) is 17.1 Å². The number of aromatic nitrogens is 1. The van der Waals surface area contributed by atoms with Gasteiger partial charge >= 0.3 is 0 Å². The molecule has 0 fully saturated rings. The number of nitrogens with zero attached hydrogens (tertiary/aromatic N) is 1. The minimum Gasteiger partial charge on any atom is -0.506 e. The standard InChI is InChI=1S/C22H24N2O4/c1-3-4-9-14-24-17-12-7-5-10-15(17)20(25)19(22(24)27)21(26)23-16-11-6-8-13-18(16)28-2/h5-8,10-13,25H,3-4,9,14H2,1-2H3,(H,23,26). The number of unbranched alkanes of at least 4 members (excludes halogenated alkanes) is 2. The van der Waals surface area contributed by atoms with Crippen molar-refractivity contribution in [1.82, 2.24) is 4.57 Å². The number of fused-ring (bicyclic) bond motifs is 1. The summed E-state index contributed by atoms with van der Waals surface area (Å²) in [5, 5.41) is 13.9. The molecule has 2 N–H and O–H groups in total. The van der Waals surface area contributed by atoms with Crippen LogP contribution >= 0.6 is 0 Å². The second-order valence-electron chi connectivity index (χ2n) is 6.56. The molecule has 3 aromatic rings. The lowest BCUT2D eigenvalue weighted by atomic mass is 10.1. The SMILES string of the molecule is CCCCCn1c(=O)c(C(=O)Nc2ccccc2OC)c(O)c2ccccc21. The van der Waals surface area contributed by atoms with Gasteiger partial charge in [0.2, 0.25) is 0 Å². The lowest BCUT2D eigenvalue weighted by Crippen LogP contribution is -2.30. The fraction of sp³-hybridized carbons (Fsp3) is 0.273. The van der Waals surface area contributed by atoms with E-state index in [0.717, 1.165) is 19.3 Å². The summed E-state index contributed by atoms with van der Waals surface area (Å²) in [5.74, 6) is -0.499. The summed E-state index contributed by atoms with van der Waals surface area (Å²) in [7, 11) is 1.50. The Morgan fingerprint density at radius 3 is 2.57 bits per heavy atom. The van der Waals surface area contributed by atoms with Crippen molar-refractivity contribution in [3.05, 3.63) is 64.4 Å². The second-order valence-corrected chi connectivity index (χ2v) is 6.56. The molecule has 0 saturated heterocycles. The Bertz CT molecular complexity index is 1060. The lowest BCUT2D eigenvalue weighted by Gasteiger charge is -2.15. The number of aromatic hydroxyl groups is 1. The van der Waals surface area contributed by atoms with Gasteiger partial charge in [0.15, 0.2) is 0 Å². The number of carbonyl (C=O) groups is 1. The Kier molecular flexibility index (Phi) is 5.99. The van der Waals surface area contributed by atoms with E-state index in [2.05, 4.69) is 12.2 Å². The first-order chi connectivity index (χ1) is 13.6. The maximum atomic E-state index is 13.1. The monoisotopic (exact) mass is 380 g/mol. The number of amides is 1. The fourth-order valence-corrected chi connectivity index (χ4v) is 3.27. The van der Waals surface area contributed by atoms with Gasteiger partial charge in [-0.3, -0.25) is 9.59 Å². The molecule has 6 nitrogen and oxygen atoms in total. The number of ether oxygens (including phenoxy) is 1. The summed E-state index contributed by atoms with van der Waals surface area (Å²) in [6.45, 7) is 2.58. The van der Waals surface area contributed by atoms with Crippen LogP contribution in [0, 0.1) is 0 Å². The molecule has 1 amide bonds. The van der Waals surface area contributed by atoms with Crippen LogP contribution < -0.4 is 15.6 Å². The normalized spacial score (nSPS) is 10.8. The summed E-state index contributed by atoms with van der Waals surface area (Å²) in [4.78, 5) is 26.0. The highest BCUT2D eigenvalue weighted by Crippen LogP contribution is 2.29. The highest BCUT2D eigenvalue weighted by atomic mass is 16.5. The quantitative estimate of drug-likeness (QED) is 0.603. The predicted molar refractivity (Wildman–Crippen MR) is 110 cm³/mol. The number of hydrogen-bond donors (Lipinski definition) is 2. The van der Waals surface area contributed by atoms with E-state index in [1.165, 1.54) is 7.11 Å². The number of rotatable bonds is 7. The third-order valence-corrected chi connectivity index (χ3v) is 4.71. The van der Waals surface area contributed by atoms with Crippen LogP contribution in [0.1, 0.15) is 36.5 Å².